The van der Waals surface area contributed by atoms with Gasteiger partial charge in [0.2, 0.25) is 10.6 Å². The fourth-order valence-electron chi connectivity index (χ4n) is 13.1. The van der Waals surface area contributed by atoms with Crippen molar-refractivity contribution in [2.24, 2.45) is 7.05 Å². The summed E-state index contributed by atoms with van der Waals surface area (Å²) in [7, 11) is 8.49. The number of methoxy groups -OCH3 is 4. The molecule has 0 saturated heterocycles. The summed E-state index contributed by atoms with van der Waals surface area (Å²) in [4.78, 5) is 44.5. The molecule has 0 spiro atoms. The van der Waals surface area contributed by atoms with Gasteiger partial charge in [-0.2, -0.15) is 0 Å². The Hall–Kier alpha value is -13.8. The smallest absolute Gasteiger partial charge is 0.223 e. The van der Waals surface area contributed by atoms with Gasteiger partial charge in [-0.1, -0.05) is 191 Å². The molecule has 17 aromatic rings. The molecule has 6 heterocycles. The number of hydrogen-bond acceptors (Lipinski definition) is 15. The lowest BCUT2D eigenvalue weighted by molar-refractivity contribution is 0.355. The molecule has 0 fully saturated rings. The Kier molecular flexibility index (Phi) is 23.3. The largest absolute Gasteiger partial charge is 0.497 e. The Bertz CT molecular complexity index is 6500. The van der Waals surface area contributed by atoms with Crippen LogP contribution in [-0.4, -0.2) is 82.8 Å². The Morgan fingerprint density at radius 2 is 0.652 bits per heavy atom. The summed E-state index contributed by atoms with van der Waals surface area (Å²) >= 11 is 12.1. The quantitative estimate of drug-likeness (QED) is 0.0796. The minimum atomic E-state index is 0.195. The number of rotatable bonds is 14. The number of nitrogens with zero attached hydrogens (tertiary/aromatic N) is 11. The number of hydrogen-bond donors (Lipinski definition) is 1. The molecule has 0 radical (unpaired) electrons. The Morgan fingerprint density at radius 1 is 0.312 bits per heavy atom. The van der Waals surface area contributed by atoms with Crippen LogP contribution < -0.4 is 24.7 Å². The Labute approximate surface area is 659 Å². The van der Waals surface area contributed by atoms with Crippen LogP contribution in [0.4, 0.5) is 5.69 Å². The monoisotopic (exact) mass is 1510 g/mol. The average molecular weight is 1510 g/mol. The van der Waals surface area contributed by atoms with Crippen molar-refractivity contribution in [3.8, 4) is 23.0 Å². The SMILES string of the molecule is C=C(c1ccc(OC)c(N)c1)c1nc(C)nc2ccccc12.C=C(c1ccc(OC)c(OC)c1)c1nc(Cl)nc2ccccc12.C=C(c1ccc(OC)cc1)c1nc(Cl)nc2ccccc12.C=C(c1ccc2c(ccn2C)c1)c1nc(C)nc2ccccc12.C=C(c1ccc2ccccc2c1)c1nc(C)nc2ccccc12. The van der Waals surface area contributed by atoms with Gasteiger partial charge >= 0.3 is 0 Å². The van der Waals surface area contributed by atoms with Gasteiger partial charge in [-0.3, -0.25) is 0 Å². The zero-order valence-electron chi connectivity index (χ0n) is 63.2. The van der Waals surface area contributed by atoms with E-state index in [1.807, 2.05) is 191 Å². The van der Waals surface area contributed by atoms with Gasteiger partial charge in [0.25, 0.3) is 0 Å². The van der Waals surface area contributed by atoms with Gasteiger partial charge in [0.15, 0.2) is 11.5 Å². The molecule has 18 heteroatoms. The molecule has 112 heavy (non-hydrogen) atoms. The number of halogens is 2. The fraction of sp³-hybridized carbons (Fsp3) is 0.0851. The van der Waals surface area contributed by atoms with Crippen molar-refractivity contribution >= 4 is 133 Å². The van der Waals surface area contributed by atoms with Crippen molar-refractivity contribution in [2.45, 2.75) is 20.8 Å². The lowest BCUT2D eigenvalue weighted by Gasteiger charge is -2.12. The van der Waals surface area contributed by atoms with E-state index in [-0.39, 0.29) is 10.6 Å². The second kappa shape index (κ2) is 34.2. The number of para-hydroxylation sites is 5. The van der Waals surface area contributed by atoms with Crippen molar-refractivity contribution < 1.29 is 18.9 Å². The normalized spacial score (nSPS) is 10.8. The first-order chi connectivity index (χ1) is 54.3. The zero-order valence-corrected chi connectivity index (χ0v) is 64.7. The van der Waals surface area contributed by atoms with Crippen LogP contribution in [0.15, 0.2) is 288 Å². The molecule has 0 bridgehead atoms. The van der Waals surface area contributed by atoms with Gasteiger partial charge in [-0.05, 0) is 174 Å². The number of nitrogens with two attached hydrogens (primary N) is 1. The van der Waals surface area contributed by atoms with E-state index in [0.717, 1.165) is 156 Å². The number of aromatic nitrogens is 11. The first kappa shape index (κ1) is 76.4. The highest BCUT2D eigenvalue weighted by Crippen LogP contribution is 2.37. The third-order valence-corrected chi connectivity index (χ3v) is 19.1. The molecule has 552 valence electrons. The first-order valence-electron chi connectivity index (χ1n) is 35.6. The average Bonchev–Trinajstić information content (AvgIpc) is 1.19. The van der Waals surface area contributed by atoms with Crippen LogP contribution >= 0.6 is 23.2 Å². The van der Waals surface area contributed by atoms with Crippen LogP contribution in [0, 0.1) is 20.8 Å². The number of benzene rings is 11. The molecule has 0 amide bonds. The minimum Gasteiger partial charge on any atom is -0.497 e. The van der Waals surface area contributed by atoms with Crippen LogP contribution in [0.3, 0.4) is 0 Å². The molecule has 2 N–H and O–H groups in total. The molecule has 0 aliphatic carbocycles. The minimum absolute atomic E-state index is 0.195. The molecule has 6 aromatic heterocycles. The van der Waals surface area contributed by atoms with Gasteiger partial charge in [0, 0.05) is 78.9 Å². The topological polar surface area (TPSA) is 197 Å². The molecule has 0 aliphatic rings. The number of aryl methyl sites for hydroxylation is 4. The second-order valence-corrected chi connectivity index (χ2v) is 26.7. The van der Waals surface area contributed by atoms with E-state index in [1.165, 1.54) is 21.7 Å². The molecule has 17 rings (SSSR count). The summed E-state index contributed by atoms with van der Waals surface area (Å²) in [5.74, 6) is 5.00. The molecule has 0 saturated carbocycles. The second-order valence-electron chi connectivity index (χ2n) is 26.0. The van der Waals surface area contributed by atoms with E-state index < -0.39 is 0 Å². The van der Waals surface area contributed by atoms with E-state index in [0.29, 0.717) is 28.6 Å². The summed E-state index contributed by atoms with van der Waals surface area (Å²) in [5.41, 5.74) is 25.4. The molecule has 16 nitrogen and oxygen atoms in total. The Balaban J connectivity index is 0.000000123. The van der Waals surface area contributed by atoms with Crippen LogP contribution in [0.2, 0.25) is 10.6 Å². The molecule has 0 unspecified atom stereocenters. The summed E-state index contributed by atoms with van der Waals surface area (Å²) in [6.07, 6.45) is 2.07. The Morgan fingerprint density at radius 3 is 1.08 bits per heavy atom. The highest BCUT2D eigenvalue weighted by atomic mass is 35.5. The van der Waals surface area contributed by atoms with E-state index in [4.69, 9.17) is 47.9 Å². The number of anilines is 1. The predicted octanol–water partition coefficient (Wildman–Crippen LogP) is 22.0. The van der Waals surface area contributed by atoms with Crippen LogP contribution in [0.1, 0.15) is 73.8 Å². The standard InChI is InChI=1S/C21H16N2.C20H17N3.C18H15ClN2O2.C18H17N3O.C17H13ClN2O/c1-14(17-12-11-16-7-3-4-8-18(16)13-17)21-19-9-5-6-10-20(19)22-15(2)23-21;1-13(15-8-9-19-16(12-15)10-11-23(19)3)20-17-6-4-5-7-18(17)21-14(2)22-20;1-11(12-8-9-15(22-2)16(10-12)23-3)17-13-6-4-5-7-14(13)20-18(19)21-17;1-11(13-8-9-17(22-3)15(19)10-13)18-14-6-4-5-7-16(14)20-12(2)21-18;1-11(12-7-9-13(21-2)10-8-12)16-14-5-3-4-6-15(14)19-17(18)20-16/h3-13H,1H2,2H3;4-12H,1H2,2-3H3;4-10H,1H2,2-3H3;4-10H,1,19H2,2-3H3;3-10H,1H2,2H3. The van der Waals surface area contributed by atoms with Crippen molar-refractivity contribution in [3.05, 3.63) is 372 Å². The van der Waals surface area contributed by atoms with Crippen LogP contribution in [0.25, 0.3) is 104 Å². The van der Waals surface area contributed by atoms with Gasteiger partial charge < -0.3 is 29.2 Å². The summed E-state index contributed by atoms with van der Waals surface area (Å²) in [6.45, 7) is 26.8. The van der Waals surface area contributed by atoms with Gasteiger partial charge in [-0.25, -0.2) is 49.8 Å². The third-order valence-electron chi connectivity index (χ3n) is 18.8. The van der Waals surface area contributed by atoms with Crippen molar-refractivity contribution in [1.29, 1.82) is 0 Å². The van der Waals surface area contributed by atoms with E-state index >= 15 is 0 Å². The highest BCUT2D eigenvalue weighted by molar-refractivity contribution is 6.29. The molecular formula is C94H78Cl2N12O4. The first-order valence-corrected chi connectivity index (χ1v) is 36.4. The van der Waals surface area contributed by atoms with Gasteiger partial charge in [0.05, 0.1) is 90.2 Å². The van der Waals surface area contributed by atoms with Gasteiger partial charge in [-0.15, -0.1) is 0 Å². The maximum absolute atomic E-state index is 6.05. The van der Waals surface area contributed by atoms with Crippen LogP contribution in [-0.2, 0) is 7.05 Å². The summed E-state index contributed by atoms with van der Waals surface area (Å²) in [6, 6.07) is 81.7. The molecule has 0 aliphatic heterocycles. The molecule has 11 aromatic carbocycles. The summed E-state index contributed by atoms with van der Waals surface area (Å²) in [5, 5.41) is 8.95. The van der Waals surface area contributed by atoms with Crippen molar-refractivity contribution in [3.63, 3.8) is 0 Å². The maximum atomic E-state index is 6.05. The predicted molar refractivity (Wildman–Crippen MR) is 459 cm³/mol. The highest BCUT2D eigenvalue weighted by Gasteiger charge is 2.19. The fourth-order valence-corrected chi connectivity index (χ4v) is 13.4. The third kappa shape index (κ3) is 16.9. The number of fused-ring (bicyclic) bond motifs is 7. The van der Waals surface area contributed by atoms with Crippen molar-refractivity contribution in [1.82, 2.24) is 54.4 Å². The van der Waals surface area contributed by atoms with E-state index in [2.05, 4.69) is 179 Å². The zero-order chi connectivity index (χ0) is 78.7. The van der Waals surface area contributed by atoms with Crippen LogP contribution in [0.5, 0.6) is 23.0 Å². The van der Waals surface area contributed by atoms with E-state index in [9.17, 15) is 0 Å². The summed E-state index contributed by atoms with van der Waals surface area (Å²) < 4.78 is 23.1. The number of ether oxygens (including phenoxy) is 4. The number of nitrogen functional groups attached to an aromatic ring is 1. The van der Waals surface area contributed by atoms with E-state index in [1.54, 1.807) is 28.4 Å². The molecular weight excluding hydrogens is 1430 g/mol. The van der Waals surface area contributed by atoms with Crippen molar-refractivity contribution in [2.75, 3.05) is 34.2 Å². The van der Waals surface area contributed by atoms with Gasteiger partial charge in [0.1, 0.15) is 29.0 Å². The lowest BCUT2D eigenvalue weighted by atomic mass is 9.98. The maximum Gasteiger partial charge on any atom is 0.223 e. The molecule has 0 atom stereocenters. The lowest BCUT2D eigenvalue weighted by Crippen LogP contribution is -1.99.